The summed E-state index contributed by atoms with van der Waals surface area (Å²) in [5, 5.41) is 0.385. The first kappa shape index (κ1) is 4.73. The van der Waals surface area contributed by atoms with Crippen LogP contribution < -0.4 is 0 Å². The predicted octanol–water partition coefficient (Wildman–Crippen LogP) is 5.12. The molecule has 4 aromatic rings. The maximum Gasteiger partial charge on any atom is 0.0840 e. The molecular weight excluding hydrogens is 250 g/mol. The number of thiophene rings is 1. The highest BCUT2D eigenvalue weighted by Crippen LogP contribution is 2.35. The number of hydrogen-bond donors (Lipinski definition) is 0. The van der Waals surface area contributed by atoms with E-state index in [1.807, 2.05) is 0 Å². The van der Waals surface area contributed by atoms with E-state index in [0.717, 1.165) is 11.3 Å². The Morgan fingerprint density at radius 1 is 0.895 bits per heavy atom. The lowest BCUT2D eigenvalue weighted by molar-refractivity contribution is 1.33. The molecule has 2 aromatic heterocycles. The Kier molecular flexibility index (Phi) is 1.04. The van der Waals surface area contributed by atoms with Crippen LogP contribution in [-0.2, 0) is 0 Å². The fourth-order valence-electron chi connectivity index (χ4n) is 1.83. The summed E-state index contributed by atoms with van der Waals surface area (Å²) in [5.74, 6) is 0. The highest BCUT2D eigenvalue weighted by Gasteiger charge is 2.06. The molecular formula is C17H11NS. The number of pyridine rings is 1. The van der Waals surface area contributed by atoms with Crippen LogP contribution in [0.1, 0.15) is 13.7 Å². The van der Waals surface area contributed by atoms with Gasteiger partial charge in [0.05, 0.1) is 19.4 Å². The van der Waals surface area contributed by atoms with Gasteiger partial charge >= 0.3 is 0 Å². The largest absolute Gasteiger partial charge is 0.256 e. The fourth-order valence-corrected chi connectivity index (χ4v) is 2.82. The van der Waals surface area contributed by atoms with E-state index in [0.29, 0.717) is 0 Å². The van der Waals surface area contributed by atoms with Gasteiger partial charge in [-0.25, -0.2) is 0 Å². The van der Waals surface area contributed by atoms with E-state index in [1.54, 1.807) is 0 Å². The zero-order chi connectivity index (χ0) is 21.4. The average Bonchev–Trinajstić information content (AvgIpc) is 3.10. The second-order valence-corrected chi connectivity index (χ2v) is 4.81. The van der Waals surface area contributed by atoms with Gasteiger partial charge in [0, 0.05) is 31.9 Å². The van der Waals surface area contributed by atoms with Gasteiger partial charge in [-0.2, -0.15) is 0 Å². The van der Waals surface area contributed by atoms with Crippen LogP contribution in [0.15, 0.2) is 66.6 Å². The predicted molar refractivity (Wildman–Crippen MR) is 82.6 cm³/mol. The zero-order valence-corrected chi connectivity index (χ0v) is 10.2. The Labute approximate surface area is 129 Å². The molecule has 19 heavy (non-hydrogen) atoms. The standard InChI is InChI=1S/C17H11NS/c1-2-7-16-13(5-1)14-9-8-12(11-17(14)19-16)15-6-3-4-10-18-15/h1-11H/i1D,2D,3D,4D,5D,6D,7D,9D,10D,11D. The van der Waals surface area contributed by atoms with Crippen molar-refractivity contribution in [3.63, 3.8) is 0 Å². The van der Waals surface area contributed by atoms with Crippen molar-refractivity contribution in [2.75, 3.05) is 0 Å². The summed E-state index contributed by atoms with van der Waals surface area (Å²) in [5.41, 5.74) is -0.121. The third kappa shape index (κ3) is 1.72. The minimum absolute atomic E-state index is 0.0383. The molecule has 0 radical (unpaired) electrons. The van der Waals surface area contributed by atoms with Crippen molar-refractivity contribution in [3.05, 3.63) is 66.6 Å². The molecule has 2 heterocycles. The second-order valence-electron chi connectivity index (χ2n) is 3.78. The van der Waals surface area contributed by atoms with Gasteiger partial charge < -0.3 is 0 Å². The first-order valence-corrected chi connectivity index (χ1v) is 6.25. The number of fused-ring (bicyclic) bond motifs is 3. The van der Waals surface area contributed by atoms with Gasteiger partial charge in [0.1, 0.15) is 0 Å². The van der Waals surface area contributed by atoms with E-state index in [9.17, 15) is 0 Å². The molecule has 0 spiro atoms. The van der Waals surface area contributed by atoms with Crippen LogP contribution in [0.3, 0.4) is 0 Å². The molecule has 0 unspecified atom stereocenters. The van der Waals surface area contributed by atoms with Crippen LogP contribution in [-0.4, -0.2) is 4.98 Å². The number of hydrogen-bond acceptors (Lipinski definition) is 2. The lowest BCUT2D eigenvalue weighted by Gasteiger charge is -2.00. The van der Waals surface area contributed by atoms with E-state index in [1.165, 1.54) is 6.07 Å². The number of nitrogens with zero attached hydrogens (tertiary/aromatic N) is 1. The molecule has 0 N–H and O–H groups in total. The van der Waals surface area contributed by atoms with Gasteiger partial charge in [-0.05, 0) is 24.2 Å². The SMILES string of the molecule is [2H]c1nc(-c2cc([2H])c3c(sc4c([2H])c([2H])c([2H])c([2H])c43)c2[2H])c([2H])c([2H])c1[2H]. The molecule has 0 aliphatic carbocycles. The lowest BCUT2D eigenvalue weighted by Crippen LogP contribution is -1.80. The van der Waals surface area contributed by atoms with Gasteiger partial charge in [0.15, 0.2) is 0 Å². The molecule has 2 heteroatoms. The Morgan fingerprint density at radius 3 is 2.74 bits per heavy atom. The van der Waals surface area contributed by atoms with Crippen LogP contribution >= 0.6 is 11.3 Å². The summed E-state index contributed by atoms with van der Waals surface area (Å²) in [4.78, 5) is 3.87. The van der Waals surface area contributed by atoms with Crippen LogP contribution in [0.5, 0.6) is 0 Å². The number of aromatic nitrogens is 1. The van der Waals surface area contributed by atoms with Gasteiger partial charge in [-0.15, -0.1) is 11.3 Å². The fraction of sp³-hybridized carbons (Fsp3) is 0. The third-order valence-electron chi connectivity index (χ3n) is 2.67. The number of benzene rings is 2. The molecule has 90 valence electrons. The minimum atomic E-state index is -0.511. The molecule has 4 rings (SSSR count). The van der Waals surface area contributed by atoms with Gasteiger partial charge in [0.25, 0.3) is 0 Å². The molecule has 2 aromatic carbocycles. The van der Waals surface area contributed by atoms with Crippen LogP contribution in [0, 0.1) is 0 Å². The molecule has 0 amide bonds. The first-order chi connectivity index (χ1) is 13.6. The van der Waals surface area contributed by atoms with Crippen LogP contribution in [0.2, 0.25) is 0 Å². The highest BCUT2D eigenvalue weighted by atomic mass is 32.1. The van der Waals surface area contributed by atoms with Gasteiger partial charge in [-0.1, -0.05) is 36.3 Å². The van der Waals surface area contributed by atoms with Crippen molar-refractivity contribution in [2.45, 2.75) is 0 Å². The smallest absolute Gasteiger partial charge is 0.0840 e. The average molecular weight is 271 g/mol. The van der Waals surface area contributed by atoms with Gasteiger partial charge in [0.2, 0.25) is 0 Å². The minimum Gasteiger partial charge on any atom is -0.256 e. The summed E-state index contributed by atoms with van der Waals surface area (Å²) in [7, 11) is 0. The molecule has 0 saturated carbocycles. The van der Waals surface area contributed by atoms with E-state index >= 15 is 0 Å². The van der Waals surface area contributed by atoms with Crippen LogP contribution in [0.25, 0.3) is 31.4 Å². The van der Waals surface area contributed by atoms with Crippen LogP contribution in [0.4, 0.5) is 0 Å². The van der Waals surface area contributed by atoms with Crippen molar-refractivity contribution >= 4 is 31.5 Å². The topological polar surface area (TPSA) is 12.9 Å². The Morgan fingerprint density at radius 2 is 1.74 bits per heavy atom. The quantitative estimate of drug-likeness (QED) is 0.468. The summed E-state index contributed by atoms with van der Waals surface area (Å²) in [6, 6.07) is -1.78. The summed E-state index contributed by atoms with van der Waals surface area (Å²) in [6.45, 7) is 0. The van der Waals surface area contributed by atoms with Crippen molar-refractivity contribution in [2.24, 2.45) is 0 Å². The molecule has 0 aliphatic heterocycles. The Bertz CT molecular complexity index is 1360. The maximum absolute atomic E-state index is 8.56. The lowest BCUT2D eigenvalue weighted by atomic mass is 10.1. The Hall–Kier alpha value is -2.19. The molecule has 0 atom stereocenters. The maximum atomic E-state index is 8.56. The molecule has 0 bridgehead atoms. The molecule has 0 aliphatic rings. The monoisotopic (exact) mass is 271 g/mol. The van der Waals surface area contributed by atoms with Crippen molar-refractivity contribution in [3.8, 4) is 11.3 Å². The molecule has 1 nitrogen and oxygen atoms in total. The first-order valence-electron chi connectivity index (χ1n) is 10.4. The summed E-state index contributed by atoms with van der Waals surface area (Å²) < 4.78 is 80.7. The van der Waals surface area contributed by atoms with E-state index in [-0.39, 0.29) is 55.6 Å². The van der Waals surface area contributed by atoms with Crippen molar-refractivity contribution in [1.29, 1.82) is 0 Å². The third-order valence-corrected chi connectivity index (χ3v) is 3.69. The molecule has 0 saturated heterocycles. The van der Waals surface area contributed by atoms with E-state index in [4.69, 9.17) is 13.7 Å². The molecule has 0 fully saturated rings. The van der Waals surface area contributed by atoms with E-state index < -0.39 is 36.4 Å². The zero-order valence-electron chi connectivity index (χ0n) is 19.4. The van der Waals surface area contributed by atoms with E-state index in [2.05, 4.69) is 4.98 Å². The van der Waals surface area contributed by atoms with Gasteiger partial charge in [-0.3, -0.25) is 4.98 Å². The Balaban J connectivity index is 2.17. The van der Waals surface area contributed by atoms with Crippen molar-refractivity contribution < 1.29 is 13.7 Å². The second kappa shape index (κ2) is 4.18. The van der Waals surface area contributed by atoms with Crippen molar-refractivity contribution in [1.82, 2.24) is 4.98 Å². The number of rotatable bonds is 1. The highest BCUT2D eigenvalue weighted by molar-refractivity contribution is 7.25. The summed E-state index contributed by atoms with van der Waals surface area (Å²) in [6.07, 6.45) is -0.511. The normalized spacial score (nSPS) is 18.5. The summed E-state index contributed by atoms with van der Waals surface area (Å²) >= 11 is 0.954.